The van der Waals surface area contributed by atoms with E-state index in [1.807, 2.05) is 6.07 Å². The average molecular weight is 618 g/mol. The quantitative estimate of drug-likeness (QED) is 0.208. The number of aromatic nitrogens is 1. The van der Waals surface area contributed by atoms with Gasteiger partial charge in [0.1, 0.15) is 7.05 Å². The number of nitrogens with zero attached hydrogens (tertiary/aromatic N) is 1. The fraction of sp³-hybridized carbons (Fsp3) is 0.528. The molecule has 0 radical (unpaired) electrons. The zero-order chi connectivity index (χ0) is 33.0. The van der Waals surface area contributed by atoms with E-state index in [4.69, 9.17) is 4.11 Å². The third kappa shape index (κ3) is 5.17. The lowest BCUT2D eigenvalue weighted by atomic mass is 9.87. The van der Waals surface area contributed by atoms with Gasteiger partial charge in [-0.15, -0.1) is 0 Å². The van der Waals surface area contributed by atoms with Gasteiger partial charge < -0.3 is 0 Å². The predicted octanol–water partition coefficient (Wildman–Crippen LogP) is 7.45. The average Bonchev–Trinajstić information content (AvgIpc) is 2.87. The zero-order valence-electron chi connectivity index (χ0n) is 31.2. The smallest absolute Gasteiger partial charge is 0.201 e. The monoisotopic (exact) mass is 617 g/mol. The van der Waals surface area contributed by atoms with Crippen LogP contribution in [0.25, 0.3) is 22.4 Å². The molecular formula is C36H56NSi4+. The van der Waals surface area contributed by atoms with E-state index in [0.29, 0.717) is 5.56 Å². The minimum atomic E-state index is -2.19. The lowest BCUT2D eigenvalue weighted by molar-refractivity contribution is -0.661. The maximum absolute atomic E-state index is 8.88. The molecule has 0 saturated carbocycles. The highest BCUT2D eigenvalue weighted by Crippen LogP contribution is 2.37. The number of aryl methyl sites for hydroxylation is 3. The highest BCUT2D eigenvalue weighted by Gasteiger charge is 2.48. The molecule has 0 spiro atoms. The molecule has 0 fully saturated rings. The first-order valence-corrected chi connectivity index (χ1v) is 28.6. The molecular weight excluding hydrogens is 559 g/mol. The number of hydrogen-bond donors (Lipinski definition) is 0. The highest BCUT2D eigenvalue weighted by molar-refractivity contribution is 7.08. The number of fused-ring (bicyclic) bond motifs is 2. The third-order valence-corrected chi connectivity index (χ3v) is 25.7. The van der Waals surface area contributed by atoms with Gasteiger partial charge in [-0.05, 0) is 53.6 Å². The molecule has 0 atom stereocenters. The molecule has 1 nitrogen and oxygen atoms in total. The van der Waals surface area contributed by atoms with Crippen molar-refractivity contribution in [1.29, 1.82) is 0 Å². The summed E-state index contributed by atoms with van der Waals surface area (Å²) in [6, 6.07) is 16.9. The summed E-state index contributed by atoms with van der Waals surface area (Å²) in [5, 5.41) is 6.58. The number of rotatable bonds is 2. The Morgan fingerprint density at radius 2 is 1.20 bits per heavy atom. The van der Waals surface area contributed by atoms with Crippen LogP contribution >= 0.6 is 0 Å². The number of benzene rings is 2. The van der Waals surface area contributed by atoms with E-state index in [2.05, 4.69) is 122 Å². The molecule has 5 rings (SSSR count). The van der Waals surface area contributed by atoms with Gasteiger partial charge in [0.2, 0.25) is 5.69 Å². The maximum atomic E-state index is 8.88. The van der Waals surface area contributed by atoms with Crippen molar-refractivity contribution in [2.45, 2.75) is 117 Å². The minimum absolute atomic E-state index is 0.0591. The van der Waals surface area contributed by atoms with Gasteiger partial charge in [0.25, 0.3) is 0 Å². The van der Waals surface area contributed by atoms with Gasteiger partial charge in [-0.1, -0.05) is 130 Å². The molecule has 3 aromatic rings. The van der Waals surface area contributed by atoms with Crippen molar-refractivity contribution in [3.8, 4) is 22.4 Å². The Bertz CT molecular complexity index is 1610. The molecule has 1 aromatic heterocycles. The molecule has 2 aromatic carbocycles. The Balaban J connectivity index is 1.99. The van der Waals surface area contributed by atoms with E-state index in [0.717, 1.165) is 22.4 Å². The standard InChI is InChI=1S/C36H56NSi4/c1-25-21-26(2)29(22-28(25)30-16-15-27(24-37(30)6)36(3,4)5)33-34-31(38(7,8)17-19-40(34,11)12)23-32-35(33)41(13,14)20-18-39(32,9)10/h15-16,21-24H,17-20H2,1-14H3/q+1/i2D3. The second kappa shape index (κ2) is 9.73. The molecule has 41 heavy (non-hydrogen) atoms. The van der Waals surface area contributed by atoms with Crippen LogP contribution in [0.5, 0.6) is 0 Å². The van der Waals surface area contributed by atoms with Crippen molar-refractivity contribution in [3.05, 3.63) is 53.2 Å². The van der Waals surface area contributed by atoms with Crippen molar-refractivity contribution in [3.63, 3.8) is 0 Å². The van der Waals surface area contributed by atoms with Crippen LogP contribution in [0.4, 0.5) is 0 Å². The zero-order valence-corrected chi connectivity index (χ0v) is 32.2. The van der Waals surface area contributed by atoms with Gasteiger partial charge in [0, 0.05) is 21.3 Å². The second-order valence-electron chi connectivity index (χ2n) is 17.0. The summed E-state index contributed by atoms with van der Waals surface area (Å²) in [5.74, 6) is 0. The van der Waals surface area contributed by atoms with Gasteiger partial charge in [-0.3, -0.25) is 0 Å². The number of pyridine rings is 1. The highest BCUT2D eigenvalue weighted by atomic mass is 28.3. The first-order valence-electron chi connectivity index (χ1n) is 17.3. The summed E-state index contributed by atoms with van der Waals surface area (Å²) in [7, 11) is -4.93. The molecule has 3 heterocycles. The maximum Gasteiger partial charge on any atom is 0.212 e. The Morgan fingerprint density at radius 3 is 1.66 bits per heavy atom. The summed E-state index contributed by atoms with van der Waals surface area (Å²) < 4.78 is 28.9. The van der Waals surface area contributed by atoms with Gasteiger partial charge in [-0.25, -0.2) is 4.57 Å². The normalized spacial score (nSPS) is 21.7. The van der Waals surface area contributed by atoms with Crippen molar-refractivity contribution >= 4 is 53.0 Å². The van der Waals surface area contributed by atoms with Crippen LogP contribution in [-0.4, -0.2) is 32.3 Å². The van der Waals surface area contributed by atoms with Crippen LogP contribution in [0.2, 0.25) is 76.6 Å². The lowest BCUT2D eigenvalue weighted by Crippen LogP contribution is -2.72. The van der Waals surface area contributed by atoms with E-state index in [-0.39, 0.29) is 5.41 Å². The summed E-state index contributed by atoms with van der Waals surface area (Å²) in [5.41, 5.74) is 7.65. The topological polar surface area (TPSA) is 3.88 Å². The third-order valence-electron chi connectivity index (χ3n) is 10.8. The van der Waals surface area contributed by atoms with Crippen LogP contribution in [0.15, 0.2) is 36.5 Å². The molecule has 0 unspecified atom stereocenters. The minimum Gasteiger partial charge on any atom is -0.201 e. The molecule has 0 bridgehead atoms. The lowest BCUT2D eigenvalue weighted by Gasteiger charge is -2.48. The van der Waals surface area contributed by atoms with Crippen molar-refractivity contribution < 1.29 is 8.68 Å². The summed E-state index contributed by atoms with van der Waals surface area (Å²) >= 11 is 0. The Hall–Kier alpha value is -1.54. The largest absolute Gasteiger partial charge is 0.212 e. The van der Waals surface area contributed by atoms with Crippen LogP contribution in [0, 0.1) is 13.8 Å². The molecule has 5 heteroatoms. The van der Waals surface area contributed by atoms with Gasteiger partial charge in [0.15, 0.2) is 6.20 Å². The molecule has 0 N–H and O–H groups in total. The van der Waals surface area contributed by atoms with Gasteiger partial charge in [-0.2, -0.15) is 0 Å². The predicted molar refractivity (Wildman–Crippen MR) is 194 cm³/mol. The molecule has 0 amide bonds. The van der Waals surface area contributed by atoms with Gasteiger partial charge >= 0.3 is 0 Å². The fourth-order valence-corrected chi connectivity index (χ4v) is 29.2. The molecule has 2 aliphatic heterocycles. The van der Waals surface area contributed by atoms with Crippen molar-refractivity contribution in [1.82, 2.24) is 0 Å². The molecule has 0 saturated heterocycles. The molecule has 0 aliphatic carbocycles. The molecule has 220 valence electrons. The first-order chi connectivity index (χ1) is 19.9. The summed E-state index contributed by atoms with van der Waals surface area (Å²) in [6.45, 7) is 27.3. The van der Waals surface area contributed by atoms with E-state index < -0.39 is 39.1 Å². The van der Waals surface area contributed by atoms with Crippen LogP contribution in [-0.2, 0) is 12.5 Å². The summed E-state index contributed by atoms with van der Waals surface area (Å²) in [6.07, 6.45) is 2.26. The molecule has 2 aliphatic rings. The van der Waals surface area contributed by atoms with Crippen molar-refractivity contribution in [2.24, 2.45) is 7.05 Å². The SMILES string of the molecule is [2H]C([2H])([2H])c1cc(C)c(-c2ccc(C(C)(C)C)c[n+]2C)cc1-c1c2c(cc3c1[Si](C)(C)CC[Si]3(C)C)[Si](C)(C)CC[Si]2(C)C. The second-order valence-corrected chi connectivity index (χ2v) is 36.2. The van der Waals surface area contributed by atoms with Crippen LogP contribution < -0.4 is 25.3 Å². The van der Waals surface area contributed by atoms with E-state index >= 15 is 0 Å². The van der Waals surface area contributed by atoms with Crippen LogP contribution in [0.1, 0.15) is 41.6 Å². The van der Waals surface area contributed by atoms with E-state index in [1.54, 1.807) is 20.7 Å². The van der Waals surface area contributed by atoms with Crippen LogP contribution in [0.3, 0.4) is 0 Å². The van der Waals surface area contributed by atoms with Gasteiger partial charge in [0.05, 0.1) is 32.3 Å². The summed E-state index contributed by atoms with van der Waals surface area (Å²) in [4.78, 5) is 0. The Kier molecular flexibility index (Phi) is 6.42. The first kappa shape index (κ1) is 27.0. The Labute approximate surface area is 260 Å². The van der Waals surface area contributed by atoms with E-state index in [9.17, 15) is 0 Å². The number of hydrogen-bond acceptors (Lipinski definition) is 0. The fourth-order valence-electron chi connectivity index (χ4n) is 7.72. The van der Waals surface area contributed by atoms with E-state index in [1.165, 1.54) is 35.3 Å². The van der Waals surface area contributed by atoms with Crippen molar-refractivity contribution in [2.75, 3.05) is 0 Å². The Morgan fingerprint density at radius 1 is 0.683 bits per heavy atom.